The number of ether oxygens (including phenoxy) is 1. The first-order chi connectivity index (χ1) is 14.6. The second kappa shape index (κ2) is 7.84. The summed E-state index contributed by atoms with van der Waals surface area (Å²) in [6.45, 7) is 2.84. The van der Waals surface area contributed by atoms with Crippen molar-refractivity contribution in [3.63, 3.8) is 0 Å². The molecule has 4 fully saturated rings. The van der Waals surface area contributed by atoms with E-state index in [0.29, 0.717) is 18.7 Å². The van der Waals surface area contributed by atoms with Gasteiger partial charge in [0.25, 0.3) is 0 Å². The van der Waals surface area contributed by atoms with Crippen molar-refractivity contribution in [2.24, 2.45) is 17.8 Å². The maximum Gasteiger partial charge on any atom is 0.338 e. The van der Waals surface area contributed by atoms with Gasteiger partial charge in [-0.15, -0.1) is 0 Å². The summed E-state index contributed by atoms with van der Waals surface area (Å²) in [7, 11) is 0. The van der Waals surface area contributed by atoms with Crippen molar-refractivity contribution >= 4 is 29.9 Å². The number of rotatable bonds is 7. The molecule has 1 aliphatic heterocycles. The van der Waals surface area contributed by atoms with Crippen LogP contribution in [-0.4, -0.2) is 37.2 Å². The molecule has 0 spiro atoms. The lowest BCUT2D eigenvalue weighted by Crippen LogP contribution is -2.54. The number of carbonyl (C=O) groups excluding carboxylic acids is 1. The van der Waals surface area contributed by atoms with Crippen LogP contribution in [0.4, 0.5) is 11.4 Å². The van der Waals surface area contributed by atoms with Crippen LogP contribution in [-0.2, 0) is 4.74 Å². The average Bonchev–Trinajstić information content (AvgIpc) is 2.72. The van der Waals surface area contributed by atoms with Crippen LogP contribution in [0.5, 0.6) is 0 Å². The Morgan fingerprint density at radius 2 is 1.90 bits per heavy atom. The zero-order chi connectivity index (χ0) is 20.6. The number of hydrogen-bond acceptors (Lipinski definition) is 5. The topological polar surface area (TPSA) is 76.5 Å². The molecule has 30 heavy (non-hydrogen) atoms. The van der Waals surface area contributed by atoms with Crippen molar-refractivity contribution in [2.45, 2.75) is 51.0 Å². The van der Waals surface area contributed by atoms with E-state index in [0.717, 1.165) is 34.7 Å². The molecule has 5 aliphatic rings. The molecule has 0 aromatic heterocycles. The molecule has 4 bridgehead atoms. The predicted octanol–water partition coefficient (Wildman–Crippen LogP) is 3.31. The minimum Gasteiger partial charge on any atom is -0.462 e. The maximum absolute atomic E-state index is 12.3. The lowest BCUT2D eigenvalue weighted by Gasteiger charge is -2.57. The summed E-state index contributed by atoms with van der Waals surface area (Å²) < 4.78 is 9.37. The van der Waals surface area contributed by atoms with Crippen LogP contribution in [0.1, 0.15) is 55.8 Å². The summed E-state index contributed by atoms with van der Waals surface area (Å²) in [4.78, 5) is 12.3. The smallest absolute Gasteiger partial charge is 0.338 e. The van der Waals surface area contributed by atoms with E-state index in [1.54, 1.807) is 6.34 Å². The third-order valence-corrected chi connectivity index (χ3v) is 7.11. The molecule has 0 radical (unpaired) electrons. The van der Waals surface area contributed by atoms with Crippen molar-refractivity contribution < 1.29 is 9.53 Å². The normalized spacial score (nSPS) is 30.6. The summed E-state index contributed by atoms with van der Waals surface area (Å²) in [5.74, 6) is 2.36. The molecule has 3 N–H and O–H groups in total. The molecule has 1 aromatic carbocycles. The minimum atomic E-state index is -0.281. The first kappa shape index (κ1) is 19.3. The number of nitrogens with zero attached hydrogens (tertiary/aromatic N) is 1. The fraction of sp³-hybridized carbons (Fsp3) is 0.542. The van der Waals surface area contributed by atoms with E-state index in [1.165, 1.54) is 38.5 Å². The van der Waals surface area contributed by atoms with Gasteiger partial charge in [0.2, 0.25) is 0 Å². The number of anilines is 2. The van der Waals surface area contributed by atoms with Crippen LogP contribution in [0.2, 0.25) is 0 Å². The van der Waals surface area contributed by atoms with Gasteiger partial charge in [0.05, 0.1) is 35.3 Å². The summed E-state index contributed by atoms with van der Waals surface area (Å²) in [5.41, 5.74) is 3.87. The largest absolute Gasteiger partial charge is 0.462 e. The molecule has 0 unspecified atom stereocenters. The van der Waals surface area contributed by atoms with E-state index in [4.69, 9.17) is 4.74 Å². The average molecular weight is 408 g/mol. The van der Waals surface area contributed by atoms with Crippen LogP contribution in [0.15, 0.2) is 30.0 Å². The predicted molar refractivity (Wildman–Crippen MR) is 121 cm³/mol. The number of nitrogens with one attached hydrogen (secondary N) is 3. The molecule has 4 saturated carbocycles. The fourth-order valence-corrected chi connectivity index (χ4v) is 6.34. The van der Waals surface area contributed by atoms with Crippen molar-refractivity contribution in [3.05, 3.63) is 35.5 Å². The van der Waals surface area contributed by atoms with E-state index >= 15 is 0 Å². The Bertz CT molecular complexity index is 894. The summed E-state index contributed by atoms with van der Waals surface area (Å²) in [6, 6.07) is 5.84. The number of hydrogen-bond donors (Lipinski definition) is 3. The van der Waals surface area contributed by atoms with Crippen molar-refractivity contribution in [2.75, 3.05) is 23.8 Å². The highest BCUT2D eigenvalue weighted by Gasteiger charge is 2.51. The van der Waals surface area contributed by atoms with Gasteiger partial charge in [-0.1, -0.05) is 0 Å². The highest BCUT2D eigenvalue weighted by Crippen LogP contribution is 2.56. The second-order valence-electron chi connectivity index (χ2n) is 9.45. The minimum absolute atomic E-state index is 0.207. The highest BCUT2D eigenvalue weighted by molar-refractivity contribution is 5.92. The van der Waals surface area contributed by atoms with Gasteiger partial charge in [-0.2, -0.15) is 0 Å². The molecular weight excluding hydrogens is 376 g/mol. The molecule has 158 valence electrons. The zero-order valence-electron chi connectivity index (χ0n) is 17.6. The molecule has 0 saturated heterocycles. The molecule has 6 heteroatoms. The van der Waals surface area contributed by atoms with E-state index in [1.807, 2.05) is 37.5 Å². The van der Waals surface area contributed by atoms with Gasteiger partial charge in [0.15, 0.2) is 6.21 Å². The monoisotopic (exact) mass is 407 g/mol. The molecule has 0 atom stereocenters. The van der Waals surface area contributed by atoms with Gasteiger partial charge in [-0.25, -0.2) is 14.8 Å². The fourth-order valence-electron chi connectivity index (χ4n) is 6.34. The van der Waals surface area contributed by atoms with Crippen molar-refractivity contribution in [3.8, 4) is 0 Å². The second-order valence-corrected chi connectivity index (χ2v) is 9.45. The van der Waals surface area contributed by atoms with Crippen LogP contribution >= 0.6 is 0 Å². The molecule has 6 rings (SSSR count). The van der Waals surface area contributed by atoms with Gasteiger partial charge in [0, 0.05) is 12.1 Å². The summed E-state index contributed by atoms with van der Waals surface area (Å²) in [6.07, 6.45) is 13.5. The van der Waals surface area contributed by atoms with E-state index in [2.05, 4.69) is 20.6 Å². The molecule has 0 amide bonds. The van der Waals surface area contributed by atoms with Crippen LogP contribution in [0.3, 0.4) is 0 Å². The molecular formula is C24H31N4O2+. The van der Waals surface area contributed by atoms with Crippen molar-refractivity contribution in [1.82, 2.24) is 9.98 Å². The molecule has 1 heterocycles. The Morgan fingerprint density at radius 3 is 2.53 bits per heavy atom. The van der Waals surface area contributed by atoms with Gasteiger partial charge in [-0.05, 0) is 81.4 Å². The maximum atomic E-state index is 12.3. The Hall–Kier alpha value is -2.72. The Labute approximate surface area is 177 Å². The lowest BCUT2D eigenvalue weighted by molar-refractivity contribution is 0.0107. The third kappa shape index (κ3) is 3.84. The van der Waals surface area contributed by atoms with E-state index in [-0.39, 0.29) is 11.5 Å². The molecule has 4 aliphatic carbocycles. The number of benzene rings is 1. The summed E-state index contributed by atoms with van der Waals surface area (Å²) in [5, 5.41) is 10.5. The zero-order valence-corrected chi connectivity index (χ0v) is 17.6. The first-order valence-electron chi connectivity index (χ1n) is 11.3. The SMILES string of the molecule is CCOC(=O)c1ccc(NC23CC4CC(CC(C4)C2)C3)c(NCC2=CNC=[N+]=C2)c1. The van der Waals surface area contributed by atoms with E-state index in [9.17, 15) is 4.79 Å². The van der Waals surface area contributed by atoms with Gasteiger partial charge >= 0.3 is 12.3 Å². The lowest BCUT2D eigenvalue weighted by atomic mass is 9.53. The highest BCUT2D eigenvalue weighted by atomic mass is 16.5. The van der Waals surface area contributed by atoms with Crippen molar-refractivity contribution in [1.29, 1.82) is 0 Å². The number of carbonyl (C=O) groups is 1. The Kier molecular flexibility index (Phi) is 5.03. The molecule has 6 nitrogen and oxygen atoms in total. The van der Waals surface area contributed by atoms with Crippen LogP contribution < -0.4 is 20.6 Å². The summed E-state index contributed by atoms with van der Waals surface area (Å²) >= 11 is 0. The van der Waals surface area contributed by atoms with E-state index < -0.39 is 0 Å². The third-order valence-electron chi connectivity index (χ3n) is 7.11. The Morgan fingerprint density at radius 1 is 1.17 bits per heavy atom. The molecule has 1 aromatic rings. The quantitative estimate of drug-likeness (QED) is 0.478. The van der Waals surface area contributed by atoms with Gasteiger partial charge < -0.3 is 15.4 Å². The number of esters is 1. The standard InChI is InChI=1S/C24H30N4O2/c1-2-30-23(29)20-3-4-21(22(8-20)27-14-19-12-25-15-26-13-19)28-24-9-16-5-17(10-24)7-18(6-16)11-24/h3-4,8,12-13,15-18,27H,2,5-7,9-11,14H2,1H3,(H,28,29)/p+1. The van der Waals surface area contributed by atoms with Crippen LogP contribution in [0, 0.1) is 17.8 Å². The van der Waals surface area contributed by atoms with Crippen LogP contribution in [0.25, 0.3) is 0 Å². The Balaban J connectivity index is 1.40. The first-order valence-corrected chi connectivity index (χ1v) is 11.3. The van der Waals surface area contributed by atoms with Gasteiger partial charge in [-0.3, -0.25) is 0 Å². The van der Waals surface area contributed by atoms with Gasteiger partial charge in [0.1, 0.15) is 0 Å².